The van der Waals surface area contributed by atoms with Crippen LogP contribution in [0.25, 0.3) is 6.08 Å². The second kappa shape index (κ2) is 8.33. The largest absolute Gasteiger partial charge is 0.507 e. The summed E-state index contributed by atoms with van der Waals surface area (Å²) in [6, 6.07) is 13.8. The van der Waals surface area contributed by atoms with Gasteiger partial charge in [-0.3, -0.25) is 4.79 Å². The van der Waals surface area contributed by atoms with Crippen molar-refractivity contribution in [3.8, 4) is 5.75 Å². The summed E-state index contributed by atoms with van der Waals surface area (Å²) in [4.78, 5) is 22.6. The Morgan fingerprint density at radius 1 is 1.04 bits per heavy atom. The molecule has 0 aliphatic heterocycles. The van der Waals surface area contributed by atoms with Gasteiger partial charge in [0.15, 0.2) is 0 Å². The lowest BCUT2D eigenvalue weighted by Gasteiger charge is -2.01. The fourth-order valence-corrected chi connectivity index (χ4v) is 1.98. The number of nitrogens with one attached hydrogen (secondary N) is 1. The van der Waals surface area contributed by atoms with Crippen molar-refractivity contribution in [1.82, 2.24) is 5.32 Å². The van der Waals surface area contributed by atoms with Crippen LogP contribution in [0.4, 0.5) is 0 Å². The molecular formula is C19H17NO4. The molecule has 122 valence electrons. The fraction of sp³-hybridized carbons (Fsp3) is 0.0526. The number of carboxylic acids is 1. The molecule has 0 bridgehead atoms. The molecule has 0 unspecified atom stereocenters. The molecule has 24 heavy (non-hydrogen) atoms. The molecule has 2 aromatic carbocycles. The molecule has 0 saturated heterocycles. The summed E-state index contributed by atoms with van der Waals surface area (Å²) in [6.45, 7) is 0.452. The Hall–Kier alpha value is -3.34. The SMILES string of the molecule is O=C(/C=C/C=C/c1ccc(O)c(C(=O)O)c1)NCc1ccccc1. The number of hydrogen-bond donors (Lipinski definition) is 3. The van der Waals surface area contributed by atoms with E-state index < -0.39 is 5.97 Å². The van der Waals surface area contributed by atoms with Crippen molar-refractivity contribution in [2.45, 2.75) is 6.54 Å². The molecule has 0 aromatic heterocycles. The highest BCUT2D eigenvalue weighted by atomic mass is 16.4. The number of rotatable bonds is 6. The molecule has 0 aliphatic carbocycles. The fourth-order valence-electron chi connectivity index (χ4n) is 1.98. The van der Waals surface area contributed by atoms with E-state index in [1.807, 2.05) is 30.3 Å². The van der Waals surface area contributed by atoms with Crippen molar-refractivity contribution < 1.29 is 19.8 Å². The van der Waals surface area contributed by atoms with E-state index in [1.54, 1.807) is 24.3 Å². The Morgan fingerprint density at radius 3 is 2.50 bits per heavy atom. The van der Waals surface area contributed by atoms with Crippen molar-refractivity contribution in [3.05, 3.63) is 83.4 Å². The van der Waals surface area contributed by atoms with Crippen LogP contribution in [0.5, 0.6) is 5.75 Å². The third-order valence-electron chi connectivity index (χ3n) is 3.21. The number of allylic oxidation sites excluding steroid dienone is 2. The van der Waals surface area contributed by atoms with Crippen molar-refractivity contribution in [3.63, 3.8) is 0 Å². The smallest absolute Gasteiger partial charge is 0.339 e. The minimum atomic E-state index is -1.20. The van der Waals surface area contributed by atoms with E-state index in [4.69, 9.17) is 5.11 Å². The molecule has 0 saturated carbocycles. The van der Waals surface area contributed by atoms with Gasteiger partial charge in [-0.05, 0) is 23.3 Å². The second-order valence-electron chi connectivity index (χ2n) is 5.00. The van der Waals surface area contributed by atoms with Gasteiger partial charge in [0.05, 0.1) is 0 Å². The lowest BCUT2D eigenvalue weighted by Crippen LogP contribution is -2.20. The predicted molar refractivity (Wildman–Crippen MR) is 91.5 cm³/mol. The van der Waals surface area contributed by atoms with Gasteiger partial charge in [0.25, 0.3) is 0 Å². The number of benzene rings is 2. The molecule has 2 aromatic rings. The molecule has 5 heteroatoms. The standard InChI is InChI=1S/C19H17NO4/c21-17-11-10-14(12-16(17)19(23)24)6-4-5-9-18(22)20-13-15-7-2-1-3-8-15/h1-12,21H,13H2,(H,20,22)(H,23,24)/b6-4+,9-5+. The average Bonchev–Trinajstić information content (AvgIpc) is 2.59. The highest BCUT2D eigenvalue weighted by Crippen LogP contribution is 2.19. The summed E-state index contributed by atoms with van der Waals surface area (Å²) in [5, 5.41) is 21.1. The molecule has 3 N–H and O–H groups in total. The zero-order chi connectivity index (χ0) is 17.4. The van der Waals surface area contributed by atoms with Crippen LogP contribution < -0.4 is 5.32 Å². The van der Waals surface area contributed by atoms with E-state index in [0.29, 0.717) is 12.1 Å². The maximum absolute atomic E-state index is 11.7. The molecule has 0 aliphatic rings. The van der Waals surface area contributed by atoms with Crippen LogP contribution in [0, 0.1) is 0 Å². The molecule has 0 heterocycles. The lowest BCUT2D eigenvalue weighted by atomic mass is 10.1. The van der Waals surface area contributed by atoms with Crippen molar-refractivity contribution >= 4 is 18.0 Å². The van der Waals surface area contributed by atoms with E-state index in [-0.39, 0.29) is 17.2 Å². The lowest BCUT2D eigenvalue weighted by molar-refractivity contribution is -0.116. The second-order valence-corrected chi connectivity index (χ2v) is 5.00. The summed E-state index contributed by atoms with van der Waals surface area (Å²) in [6.07, 6.45) is 6.22. The highest BCUT2D eigenvalue weighted by Gasteiger charge is 2.08. The molecule has 0 atom stereocenters. The summed E-state index contributed by atoms with van der Waals surface area (Å²) in [5.41, 5.74) is 1.46. The first-order chi connectivity index (χ1) is 11.6. The molecule has 0 fully saturated rings. The Kier molecular flexibility index (Phi) is 5.91. The Balaban J connectivity index is 1.89. The van der Waals surface area contributed by atoms with E-state index in [9.17, 15) is 14.7 Å². The Labute approximate surface area is 139 Å². The number of carboxylic acid groups (broad SMARTS) is 1. The first-order valence-electron chi connectivity index (χ1n) is 7.29. The van der Waals surface area contributed by atoms with E-state index >= 15 is 0 Å². The van der Waals surface area contributed by atoms with Gasteiger partial charge in [-0.1, -0.05) is 54.6 Å². The van der Waals surface area contributed by atoms with Gasteiger partial charge in [-0.25, -0.2) is 4.79 Å². The van der Waals surface area contributed by atoms with Gasteiger partial charge < -0.3 is 15.5 Å². The topological polar surface area (TPSA) is 86.6 Å². The van der Waals surface area contributed by atoms with Gasteiger partial charge in [0.1, 0.15) is 11.3 Å². The summed E-state index contributed by atoms with van der Waals surface area (Å²) >= 11 is 0. The van der Waals surface area contributed by atoms with Gasteiger partial charge in [-0.15, -0.1) is 0 Å². The van der Waals surface area contributed by atoms with Crippen LogP contribution in [0.15, 0.2) is 66.8 Å². The first-order valence-corrected chi connectivity index (χ1v) is 7.29. The normalized spacial score (nSPS) is 11.0. The first kappa shape index (κ1) is 17.0. The number of carbonyl (C=O) groups is 2. The number of carbonyl (C=O) groups excluding carboxylic acids is 1. The van der Waals surface area contributed by atoms with E-state index in [0.717, 1.165) is 5.56 Å². The molecule has 0 spiro atoms. The van der Waals surface area contributed by atoms with Crippen LogP contribution in [-0.2, 0) is 11.3 Å². The summed E-state index contributed by atoms with van der Waals surface area (Å²) < 4.78 is 0. The molecular weight excluding hydrogens is 306 g/mol. The van der Waals surface area contributed by atoms with Gasteiger partial charge in [0.2, 0.25) is 5.91 Å². The maximum Gasteiger partial charge on any atom is 0.339 e. The third kappa shape index (κ3) is 5.14. The van der Waals surface area contributed by atoms with E-state index in [1.165, 1.54) is 18.2 Å². The van der Waals surface area contributed by atoms with Crippen LogP contribution in [0.1, 0.15) is 21.5 Å². The zero-order valence-corrected chi connectivity index (χ0v) is 12.8. The molecule has 0 radical (unpaired) electrons. The highest BCUT2D eigenvalue weighted by molar-refractivity contribution is 5.91. The molecule has 2 rings (SSSR count). The summed E-state index contributed by atoms with van der Waals surface area (Å²) in [7, 11) is 0. The van der Waals surface area contributed by atoms with Crippen LogP contribution in [0.2, 0.25) is 0 Å². The van der Waals surface area contributed by atoms with Gasteiger partial charge in [-0.2, -0.15) is 0 Å². The van der Waals surface area contributed by atoms with Crippen LogP contribution >= 0.6 is 0 Å². The van der Waals surface area contributed by atoms with Crippen molar-refractivity contribution in [2.24, 2.45) is 0 Å². The number of amides is 1. The Bertz CT molecular complexity index is 779. The molecule has 5 nitrogen and oxygen atoms in total. The van der Waals surface area contributed by atoms with E-state index in [2.05, 4.69) is 5.32 Å². The minimum absolute atomic E-state index is 0.165. The summed E-state index contributed by atoms with van der Waals surface area (Å²) in [5.74, 6) is -1.70. The zero-order valence-electron chi connectivity index (χ0n) is 12.8. The quantitative estimate of drug-likeness (QED) is 0.563. The number of phenols is 1. The number of aromatic hydroxyl groups is 1. The predicted octanol–water partition coefficient (Wildman–Crippen LogP) is 2.98. The van der Waals surface area contributed by atoms with Crippen molar-refractivity contribution in [2.75, 3.05) is 0 Å². The minimum Gasteiger partial charge on any atom is -0.507 e. The van der Waals surface area contributed by atoms with Crippen LogP contribution in [-0.4, -0.2) is 22.1 Å². The number of hydrogen-bond acceptors (Lipinski definition) is 3. The van der Waals surface area contributed by atoms with Crippen LogP contribution in [0.3, 0.4) is 0 Å². The van der Waals surface area contributed by atoms with Crippen molar-refractivity contribution in [1.29, 1.82) is 0 Å². The molecule has 1 amide bonds. The Morgan fingerprint density at radius 2 is 1.79 bits per heavy atom. The number of aromatic carboxylic acids is 1. The third-order valence-corrected chi connectivity index (χ3v) is 3.21. The monoisotopic (exact) mass is 323 g/mol. The average molecular weight is 323 g/mol. The maximum atomic E-state index is 11.7. The van der Waals surface area contributed by atoms with Gasteiger partial charge in [0, 0.05) is 12.6 Å². The van der Waals surface area contributed by atoms with Gasteiger partial charge >= 0.3 is 5.97 Å².